The minimum absolute atomic E-state index is 0.0829. The van der Waals surface area contributed by atoms with Crippen molar-refractivity contribution in [3.05, 3.63) is 35.2 Å². The number of benzene rings is 1. The van der Waals surface area contributed by atoms with Gasteiger partial charge in [0, 0.05) is 12.1 Å². The van der Waals surface area contributed by atoms with E-state index in [9.17, 15) is 4.79 Å². The van der Waals surface area contributed by atoms with E-state index in [-0.39, 0.29) is 11.7 Å². The molecule has 0 aliphatic heterocycles. The quantitative estimate of drug-likeness (QED) is 0.568. The number of aryl methyl sites for hydroxylation is 2. The van der Waals surface area contributed by atoms with Gasteiger partial charge in [0.1, 0.15) is 0 Å². The Balaban J connectivity index is 1.81. The van der Waals surface area contributed by atoms with Crippen molar-refractivity contribution >= 4 is 23.4 Å². The second-order valence-corrected chi connectivity index (χ2v) is 6.28. The molecule has 1 amide bonds. The third-order valence-corrected chi connectivity index (χ3v) is 4.36. The molecule has 23 heavy (non-hydrogen) atoms. The first-order valence-corrected chi connectivity index (χ1v) is 8.69. The molecule has 0 aliphatic rings. The summed E-state index contributed by atoms with van der Waals surface area (Å²) < 4.78 is 5.51. The molecule has 0 atom stereocenters. The lowest BCUT2D eigenvalue weighted by atomic mass is 10.1. The van der Waals surface area contributed by atoms with Crippen molar-refractivity contribution in [3.63, 3.8) is 0 Å². The summed E-state index contributed by atoms with van der Waals surface area (Å²) in [5.41, 5.74) is 6.88. The molecule has 0 saturated carbocycles. The maximum Gasteiger partial charge on any atom is 0.277 e. The van der Waals surface area contributed by atoms with Gasteiger partial charge in [-0.3, -0.25) is 4.79 Å². The van der Waals surface area contributed by atoms with Crippen molar-refractivity contribution in [1.29, 1.82) is 0 Å². The molecule has 4 N–H and O–H groups in total. The minimum atomic E-state index is -0.0829. The molecule has 1 aromatic heterocycles. The lowest BCUT2D eigenvalue weighted by Crippen LogP contribution is -2.50. The molecular formula is C16H23N4O2S+. The summed E-state index contributed by atoms with van der Waals surface area (Å²) in [7, 11) is 0. The lowest BCUT2D eigenvalue weighted by molar-refractivity contribution is -0.368. The van der Waals surface area contributed by atoms with Crippen LogP contribution < -0.4 is 11.1 Å². The van der Waals surface area contributed by atoms with Crippen LogP contribution in [0.5, 0.6) is 0 Å². The Bertz CT molecular complexity index is 657. The Hall–Kier alpha value is -1.86. The first-order chi connectivity index (χ1) is 11.1. The predicted molar refractivity (Wildman–Crippen MR) is 90.3 cm³/mol. The van der Waals surface area contributed by atoms with E-state index in [1.165, 1.54) is 11.8 Å². The van der Waals surface area contributed by atoms with Crippen LogP contribution in [0, 0.1) is 13.8 Å². The molecule has 0 saturated heterocycles. The number of hydrogen-bond donors (Lipinski definition) is 2. The SMILES string of the molecule is Cc1cccc(NC(=O)CSc2nnc(CCCC[NH3+])o2)c1C. The number of hydrogen-bond acceptors (Lipinski definition) is 5. The molecular weight excluding hydrogens is 312 g/mol. The summed E-state index contributed by atoms with van der Waals surface area (Å²) in [4.78, 5) is 12.0. The number of rotatable bonds is 8. The van der Waals surface area contributed by atoms with Gasteiger partial charge in [0.15, 0.2) is 0 Å². The summed E-state index contributed by atoms with van der Waals surface area (Å²) >= 11 is 1.25. The van der Waals surface area contributed by atoms with Crippen LogP contribution in [0.25, 0.3) is 0 Å². The van der Waals surface area contributed by atoms with Crippen molar-refractivity contribution < 1.29 is 14.9 Å². The van der Waals surface area contributed by atoms with Crippen LogP contribution in [0.2, 0.25) is 0 Å². The molecule has 1 aromatic carbocycles. The molecule has 0 spiro atoms. The highest BCUT2D eigenvalue weighted by molar-refractivity contribution is 7.99. The molecule has 6 nitrogen and oxygen atoms in total. The van der Waals surface area contributed by atoms with Gasteiger partial charge in [-0.1, -0.05) is 23.9 Å². The Morgan fingerprint density at radius 1 is 1.30 bits per heavy atom. The van der Waals surface area contributed by atoms with E-state index in [1.807, 2.05) is 32.0 Å². The van der Waals surface area contributed by atoms with Crippen LogP contribution in [0.4, 0.5) is 5.69 Å². The van der Waals surface area contributed by atoms with Crippen molar-refractivity contribution in [2.75, 3.05) is 17.6 Å². The molecule has 0 unspecified atom stereocenters. The van der Waals surface area contributed by atoms with E-state index in [0.29, 0.717) is 11.1 Å². The van der Waals surface area contributed by atoms with Gasteiger partial charge in [-0.25, -0.2) is 0 Å². The van der Waals surface area contributed by atoms with E-state index in [1.54, 1.807) is 0 Å². The highest BCUT2D eigenvalue weighted by Gasteiger charge is 2.11. The summed E-state index contributed by atoms with van der Waals surface area (Å²) in [5.74, 6) is 0.782. The van der Waals surface area contributed by atoms with Crippen LogP contribution >= 0.6 is 11.8 Å². The van der Waals surface area contributed by atoms with Gasteiger partial charge in [-0.05, 0) is 43.9 Å². The summed E-state index contributed by atoms with van der Waals surface area (Å²) in [6, 6.07) is 5.85. The first kappa shape index (κ1) is 17.5. The van der Waals surface area contributed by atoms with Gasteiger partial charge >= 0.3 is 0 Å². The third-order valence-electron chi connectivity index (χ3n) is 3.54. The average molecular weight is 335 g/mol. The maximum atomic E-state index is 12.0. The summed E-state index contributed by atoms with van der Waals surface area (Å²) in [6.45, 7) is 4.93. The summed E-state index contributed by atoms with van der Waals surface area (Å²) in [5, 5.41) is 11.3. The molecule has 124 valence electrons. The summed E-state index contributed by atoms with van der Waals surface area (Å²) in [6.07, 6.45) is 2.80. The Morgan fingerprint density at radius 2 is 2.13 bits per heavy atom. The van der Waals surface area contributed by atoms with Crippen molar-refractivity contribution in [2.45, 2.75) is 38.3 Å². The second kappa shape index (κ2) is 8.69. The van der Waals surface area contributed by atoms with Crippen molar-refractivity contribution in [3.8, 4) is 0 Å². The van der Waals surface area contributed by atoms with Crippen LogP contribution in [0.15, 0.2) is 27.8 Å². The van der Waals surface area contributed by atoms with E-state index < -0.39 is 0 Å². The number of unbranched alkanes of at least 4 members (excludes halogenated alkanes) is 1. The number of carbonyl (C=O) groups is 1. The Kier molecular flexibility index (Phi) is 6.61. The zero-order valence-electron chi connectivity index (χ0n) is 13.6. The lowest BCUT2D eigenvalue weighted by Gasteiger charge is -2.09. The molecule has 2 aromatic rings. The molecule has 0 bridgehead atoms. The predicted octanol–water partition coefficient (Wildman–Crippen LogP) is 1.98. The van der Waals surface area contributed by atoms with Gasteiger partial charge in [0.2, 0.25) is 11.8 Å². The fourth-order valence-corrected chi connectivity index (χ4v) is 2.63. The molecule has 1 heterocycles. The number of anilines is 1. The number of nitrogens with zero attached hydrogens (tertiary/aromatic N) is 2. The van der Waals surface area contributed by atoms with E-state index in [0.717, 1.165) is 42.6 Å². The fourth-order valence-electron chi connectivity index (χ4n) is 2.05. The van der Waals surface area contributed by atoms with Gasteiger partial charge in [-0.15, -0.1) is 10.2 Å². The van der Waals surface area contributed by atoms with E-state index in [2.05, 4.69) is 21.2 Å². The molecule has 0 fully saturated rings. The molecule has 2 rings (SSSR count). The number of quaternary nitrogens is 1. The highest BCUT2D eigenvalue weighted by Crippen LogP contribution is 2.20. The number of amides is 1. The van der Waals surface area contributed by atoms with Crippen molar-refractivity contribution in [1.82, 2.24) is 10.2 Å². The smallest absolute Gasteiger partial charge is 0.277 e. The minimum Gasteiger partial charge on any atom is -0.416 e. The Morgan fingerprint density at radius 3 is 2.91 bits per heavy atom. The van der Waals surface area contributed by atoms with Crippen molar-refractivity contribution in [2.24, 2.45) is 0 Å². The zero-order chi connectivity index (χ0) is 16.7. The maximum absolute atomic E-state index is 12.0. The second-order valence-electron chi connectivity index (χ2n) is 5.36. The third kappa shape index (κ3) is 5.37. The molecule has 0 radical (unpaired) electrons. The number of nitrogens with one attached hydrogen (secondary N) is 1. The number of thioether (sulfide) groups is 1. The monoisotopic (exact) mass is 335 g/mol. The van der Waals surface area contributed by atoms with E-state index in [4.69, 9.17) is 4.42 Å². The Labute approximate surface area is 140 Å². The highest BCUT2D eigenvalue weighted by atomic mass is 32.2. The van der Waals surface area contributed by atoms with E-state index >= 15 is 0 Å². The van der Waals surface area contributed by atoms with Crippen LogP contribution in [0.1, 0.15) is 29.9 Å². The number of aromatic nitrogens is 2. The van der Waals surface area contributed by atoms with Gasteiger partial charge < -0.3 is 15.5 Å². The first-order valence-electron chi connectivity index (χ1n) is 7.70. The molecule has 0 aliphatic carbocycles. The van der Waals surface area contributed by atoms with Crippen LogP contribution in [-0.4, -0.2) is 28.4 Å². The zero-order valence-corrected chi connectivity index (χ0v) is 14.4. The number of carbonyl (C=O) groups excluding carboxylic acids is 1. The largest absolute Gasteiger partial charge is 0.416 e. The average Bonchev–Trinajstić information content (AvgIpc) is 2.98. The molecule has 7 heteroatoms. The van der Waals surface area contributed by atoms with Crippen LogP contribution in [-0.2, 0) is 11.2 Å². The standard InChI is InChI=1S/C16H22N4O2S/c1-11-6-5-7-13(12(11)2)18-14(21)10-23-16-20-19-15(22-16)8-3-4-9-17/h5-7H,3-4,8-10,17H2,1-2H3,(H,18,21)/p+1. The van der Waals surface area contributed by atoms with Gasteiger partial charge in [0.25, 0.3) is 5.22 Å². The topological polar surface area (TPSA) is 95.7 Å². The fraction of sp³-hybridized carbons (Fsp3) is 0.438. The van der Waals surface area contributed by atoms with Crippen LogP contribution in [0.3, 0.4) is 0 Å². The normalized spacial score (nSPS) is 10.7. The van der Waals surface area contributed by atoms with Gasteiger partial charge in [0.05, 0.1) is 12.3 Å². The van der Waals surface area contributed by atoms with Gasteiger partial charge in [-0.2, -0.15) is 0 Å².